The number of carbonyl (C=O) groups is 1. The zero-order valence-corrected chi connectivity index (χ0v) is 11.3. The summed E-state index contributed by atoms with van der Waals surface area (Å²) in [6.45, 7) is 11.6. The van der Waals surface area contributed by atoms with Crippen LogP contribution < -0.4 is 0 Å². The van der Waals surface area contributed by atoms with Gasteiger partial charge in [-0.1, -0.05) is 0 Å². The van der Waals surface area contributed by atoms with Crippen LogP contribution in [-0.2, 0) is 0 Å². The Balaban J connectivity index is 3.10. The Bertz CT molecular complexity index is 271. The molecule has 0 saturated carbocycles. The smallest absolute Gasteiger partial charge is 0.435 e. The molecule has 0 aromatic rings. The largest absolute Gasteiger partial charge is 0.514 e. The van der Waals surface area contributed by atoms with Crippen LogP contribution in [0.5, 0.6) is 0 Å². The number of likely N-dealkylation sites (N-methyl/N-ethyl adjacent to an activating group) is 1. The van der Waals surface area contributed by atoms with Crippen LogP contribution in [0, 0.1) is 0 Å². The lowest BCUT2D eigenvalue weighted by Crippen LogP contribution is -2.73. The lowest BCUT2D eigenvalue weighted by molar-refractivity contribution is -0.912. The highest BCUT2D eigenvalue weighted by molar-refractivity contribution is 5.57. The van der Waals surface area contributed by atoms with E-state index in [-0.39, 0.29) is 10.0 Å². The summed E-state index contributed by atoms with van der Waals surface area (Å²) in [5.74, 6) is 0. The molecule has 0 spiro atoms. The van der Waals surface area contributed by atoms with E-state index in [1.165, 1.54) is 0 Å². The van der Waals surface area contributed by atoms with Gasteiger partial charge in [0.2, 0.25) is 0 Å². The molecule has 1 rings (SSSR count). The molecule has 94 valence electrons. The highest BCUT2D eigenvalue weighted by atomic mass is 16.4. The van der Waals surface area contributed by atoms with Crippen molar-refractivity contribution in [1.29, 1.82) is 0 Å². The first kappa shape index (κ1) is 13.5. The van der Waals surface area contributed by atoms with Gasteiger partial charge in [-0.15, -0.1) is 0 Å². The fourth-order valence-electron chi connectivity index (χ4n) is 2.66. The van der Waals surface area contributed by atoms with Gasteiger partial charge in [0.05, 0.1) is 12.1 Å². The summed E-state index contributed by atoms with van der Waals surface area (Å²) in [5.41, 5.74) is -0.254. The van der Waals surface area contributed by atoms with E-state index in [0.29, 0.717) is 25.2 Å². The van der Waals surface area contributed by atoms with E-state index in [1.54, 1.807) is 0 Å². The maximum atomic E-state index is 11.7. The Morgan fingerprint density at radius 2 is 1.62 bits per heavy atom. The van der Waals surface area contributed by atoms with Gasteiger partial charge in [0, 0.05) is 0 Å². The van der Waals surface area contributed by atoms with Gasteiger partial charge >= 0.3 is 6.09 Å². The van der Waals surface area contributed by atoms with E-state index < -0.39 is 6.09 Å². The van der Waals surface area contributed by atoms with Crippen molar-refractivity contribution in [2.24, 2.45) is 0 Å². The molecule has 1 unspecified atom stereocenters. The first-order valence-corrected chi connectivity index (χ1v) is 5.94. The number of nitrogens with zero attached hydrogens (tertiary/aromatic N) is 2. The molecule has 0 radical (unpaired) electrons. The number of hydrogen-bond donors (Lipinski definition) is 1. The van der Waals surface area contributed by atoms with Crippen molar-refractivity contribution in [3.8, 4) is 0 Å². The zero-order valence-electron chi connectivity index (χ0n) is 11.3. The number of rotatable bonds is 0. The summed E-state index contributed by atoms with van der Waals surface area (Å²) in [4.78, 5) is 13.9. The molecule has 1 saturated heterocycles. The lowest BCUT2D eigenvalue weighted by atomic mass is 9.95. The summed E-state index contributed by atoms with van der Waals surface area (Å²) in [7, 11) is 2.08. The van der Waals surface area contributed by atoms with Crippen molar-refractivity contribution < 1.29 is 14.4 Å². The van der Waals surface area contributed by atoms with Gasteiger partial charge < -0.3 is 5.11 Å². The molecule has 3 atom stereocenters. The summed E-state index contributed by atoms with van der Waals surface area (Å²) in [6.07, 6.45) is -0.695. The maximum absolute atomic E-state index is 11.7. The van der Waals surface area contributed by atoms with Crippen LogP contribution in [0.15, 0.2) is 0 Å². The van der Waals surface area contributed by atoms with Crippen LogP contribution >= 0.6 is 0 Å². The molecule has 0 aliphatic carbocycles. The van der Waals surface area contributed by atoms with E-state index >= 15 is 0 Å². The van der Waals surface area contributed by atoms with Crippen molar-refractivity contribution in [2.45, 2.75) is 52.2 Å². The average Bonchev–Trinajstić information content (AvgIpc) is 2.11. The third kappa shape index (κ3) is 1.96. The summed E-state index contributed by atoms with van der Waals surface area (Å²) >= 11 is 0. The molecular formula is C12H25N2O2+. The molecule has 1 aliphatic heterocycles. The molecule has 1 heterocycles. The Labute approximate surface area is 98.4 Å². The molecular weight excluding hydrogens is 204 g/mol. The van der Waals surface area contributed by atoms with Crippen LogP contribution in [0.1, 0.15) is 34.6 Å². The van der Waals surface area contributed by atoms with Gasteiger partial charge in [-0.3, -0.25) is 4.90 Å². The standard InChI is InChI=1S/C12H24N2O2/c1-9-7-14(11(15)16,12(3,4)5)8-10(2)13(9)6/h9-10H,7-8H2,1-6H3/p+1/t9-,10+,14?. The lowest BCUT2D eigenvalue weighted by Gasteiger charge is -2.52. The SMILES string of the molecule is C[C@@H]1C[N+](C(=O)O)(C(C)(C)C)C[C@H](C)N1C. The van der Waals surface area contributed by atoms with Crippen LogP contribution in [0.2, 0.25) is 0 Å². The Kier molecular flexibility index (Phi) is 3.37. The molecule has 1 aliphatic rings. The molecule has 1 fully saturated rings. The van der Waals surface area contributed by atoms with Crippen LogP contribution in [0.4, 0.5) is 4.79 Å². The Hall–Kier alpha value is -0.610. The van der Waals surface area contributed by atoms with E-state index in [2.05, 4.69) is 25.8 Å². The Morgan fingerprint density at radius 3 is 1.88 bits per heavy atom. The van der Waals surface area contributed by atoms with E-state index in [4.69, 9.17) is 0 Å². The monoisotopic (exact) mass is 229 g/mol. The minimum absolute atomic E-state index is 0.166. The molecule has 4 nitrogen and oxygen atoms in total. The number of carboxylic acid groups (broad SMARTS) is 1. The van der Waals surface area contributed by atoms with Crippen LogP contribution in [0.25, 0.3) is 0 Å². The summed E-state index contributed by atoms with van der Waals surface area (Å²) < 4.78 is 0.166. The summed E-state index contributed by atoms with van der Waals surface area (Å²) in [5, 5.41) is 9.60. The topological polar surface area (TPSA) is 40.5 Å². The highest BCUT2D eigenvalue weighted by Gasteiger charge is 2.53. The molecule has 4 heteroatoms. The minimum Gasteiger partial charge on any atom is -0.435 e. The third-order valence-corrected chi connectivity index (χ3v) is 4.19. The number of amides is 1. The molecule has 1 N–H and O–H groups in total. The van der Waals surface area contributed by atoms with E-state index in [1.807, 2.05) is 20.8 Å². The van der Waals surface area contributed by atoms with Gasteiger partial charge in [-0.05, 0) is 41.7 Å². The quantitative estimate of drug-likeness (QED) is 0.646. The normalized spacial score (nSPS) is 37.4. The second-order valence-corrected chi connectivity index (χ2v) is 6.15. The number of hydrogen-bond acceptors (Lipinski definition) is 2. The predicted octanol–water partition coefficient (Wildman–Crippen LogP) is 2.00. The molecule has 16 heavy (non-hydrogen) atoms. The van der Waals surface area contributed by atoms with E-state index in [9.17, 15) is 9.90 Å². The minimum atomic E-state index is -0.695. The van der Waals surface area contributed by atoms with E-state index in [0.717, 1.165) is 0 Å². The van der Waals surface area contributed by atoms with Crippen molar-refractivity contribution in [2.75, 3.05) is 20.1 Å². The van der Waals surface area contributed by atoms with Gasteiger partial charge in [0.25, 0.3) is 0 Å². The van der Waals surface area contributed by atoms with Crippen LogP contribution in [-0.4, -0.2) is 58.3 Å². The van der Waals surface area contributed by atoms with Gasteiger partial charge in [0.1, 0.15) is 18.6 Å². The van der Waals surface area contributed by atoms with Gasteiger partial charge in [-0.25, -0.2) is 4.48 Å². The molecule has 0 bridgehead atoms. The molecule has 0 aromatic carbocycles. The number of piperazine rings is 1. The van der Waals surface area contributed by atoms with Crippen molar-refractivity contribution in [3.05, 3.63) is 0 Å². The molecule has 1 amide bonds. The van der Waals surface area contributed by atoms with Crippen LogP contribution in [0.3, 0.4) is 0 Å². The zero-order chi connectivity index (χ0) is 12.7. The predicted molar refractivity (Wildman–Crippen MR) is 64.5 cm³/mol. The van der Waals surface area contributed by atoms with Crippen molar-refractivity contribution in [1.82, 2.24) is 4.90 Å². The van der Waals surface area contributed by atoms with Crippen molar-refractivity contribution in [3.63, 3.8) is 0 Å². The highest BCUT2D eigenvalue weighted by Crippen LogP contribution is 2.31. The Morgan fingerprint density at radius 1 is 1.25 bits per heavy atom. The van der Waals surface area contributed by atoms with Crippen molar-refractivity contribution >= 4 is 6.09 Å². The van der Waals surface area contributed by atoms with Gasteiger partial charge in [-0.2, -0.15) is 4.79 Å². The number of quaternary nitrogens is 1. The maximum Gasteiger partial charge on any atom is 0.514 e. The second kappa shape index (κ2) is 4.00. The second-order valence-electron chi connectivity index (χ2n) is 6.15. The van der Waals surface area contributed by atoms with Gasteiger partial charge in [0.15, 0.2) is 0 Å². The molecule has 0 aromatic heterocycles. The fourth-order valence-corrected chi connectivity index (χ4v) is 2.66. The third-order valence-electron chi connectivity index (χ3n) is 4.19. The average molecular weight is 229 g/mol. The summed E-state index contributed by atoms with van der Waals surface area (Å²) in [6, 6.07) is 0.609. The first-order valence-electron chi connectivity index (χ1n) is 5.94. The first-order chi connectivity index (χ1) is 7.12. The fraction of sp³-hybridized carbons (Fsp3) is 0.917.